The molecule has 10 nitrogen and oxygen atoms in total. The molecule has 1 aromatic rings. The summed E-state index contributed by atoms with van der Waals surface area (Å²) < 4.78 is 34.4. The number of ether oxygens (including phenoxy) is 6. The van der Waals surface area contributed by atoms with Crippen molar-refractivity contribution >= 4 is 18.1 Å². The quantitative estimate of drug-likeness (QED) is 0.540. The van der Waals surface area contributed by atoms with Gasteiger partial charge in [-0.2, -0.15) is 0 Å². The molecular weight excluding hydrogens is 340 g/mol. The van der Waals surface area contributed by atoms with Crippen LogP contribution in [0, 0.1) is 0 Å². The van der Waals surface area contributed by atoms with Crippen molar-refractivity contribution in [1.29, 1.82) is 0 Å². The van der Waals surface area contributed by atoms with Gasteiger partial charge in [0.25, 0.3) is 5.95 Å². The van der Waals surface area contributed by atoms with Gasteiger partial charge in [-0.15, -0.1) is 0 Å². The maximum atomic E-state index is 11.9. The molecule has 134 valence electrons. The largest absolute Gasteiger partial charge is 0.508 e. The van der Waals surface area contributed by atoms with Crippen molar-refractivity contribution in [2.75, 3.05) is 26.4 Å². The first-order valence-corrected chi connectivity index (χ1v) is 7.27. The fourth-order valence-electron chi connectivity index (χ4n) is 2.01. The van der Waals surface area contributed by atoms with Gasteiger partial charge in [0, 0.05) is 0 Å². The molecule has 0 saturated carbocycles. The smallest absolute Gasteiger partial charge is 0.462 e. The van der Waals surface area contributed by atoms with E-state index in [2.05, 4.69) is 11.3 Å². The number of hydrogen-bond acceptors (Lipinski definition) is 10. The molecule has 0 bridgehead atoms. The van der Waals surface area contributed by atoms with Crippen molar-refractivity contribution in [1.82, 2.24) is 0 Å². The third kappa shape index (κ3) is 4.22. The van der Waals surface area contributed by atoms with Gasteiger partial charge < -0.3 is 32.8 Å². The minimum atomic E-state index is -0.815. The third-order valence-electron chi connectivity index (χ3n) is 3.19. The second-order valence-corrected chi connectivity index (χ2v) is 5.08. The molecule has 3 heterocycles. The number of carbonyl (C=O) groups is 3. The Hall–Kier alpha value is -3.17. The third-order valence-corrected chi connectivity index (χ3v) is 3.19. The van der Waals surface area contributed by atoms with Crippen molar-refractivity contribution in [2.24, 2.45) is 0 Å². The van der Waals surface area contributed by atoms with Gasteiger partial charge in [0.05, 0.1) is 0 Å². The lowest BCUT2D eigenvalue weighted by Crippen LogP contribution is -2.21. The summed E-state index contributed by atoms with van der Waals surface area (Å²) in [5.41, 5.74) is 0. The zero-order valence-corrected chi connectivity index (χ0v) is 12.9. The topological polar surface area (TPSA) is 120 Å². The molecule has 2 saturated heterocycles. The summed E-state index contributed by atoms with van der Waals surface area (Å²) in [6.07, 6.45) is -1.92. The molecule has 1 aromatic heterocycles. The average Bonchev–Trinajstić information content (AvgIpc) is 3.31. The molecule has 25 heavy (non-hydrogen) atoms. The molecular formula is C15H14O10. The summed E-state index contributed by atoms with van der Waals surface area (Å²) in [5.74, 6) is -1.77. The Labute approximate surface area is 141 Å². The summed E-state index contributed by atoms with van der Waals surface area (Å²) in [6, 6.07) is 2.55. The van der Waals surface area contributed by atoms with Crippen LogP contribution in [-0.2, 0) is 28.4 Å². The molecule has 2 aliphatic rings. The highest BCUT2D eigenvalue weighted by atomic mass is 16.8. The van der Waals surface area contributed by atoms with E-state index in [-0.39, 0.29) is 43.9 Å². The first-order chi connectivity index (χ1) is 12.0. The standard InChI is InChI=1S/C15H14O10/c1-8-19-4-9(23-8)5-20-13(16)11-2-3-12(25-11)14(17)21-6-10-7-22-15(18)24-10/h2-3,9-10H,1,4-7H2. The number of rotatable bonds is 6. The van der Waals surface area contributed by atoms with E-state index in [0.29, 0.717) is 0 Å². The molecule has 2 fully saturated rings. The van der Waals surface area contributed by atoms with E-state index in [9.17, 15) is 14.4 Å². The number of esters is 2. The molecule has 0 aromatic carbocycles. The van der Waals surface area contributed by atoms with Gasteiger partial charge in [0.2, 0.25) is 11.5 Å². The van der Waals surface area contributed by atoms with E-state index in [1.165, 1.54) is 12.1 Å². The van der Waals surface area contributed by atoms with E-state index < -0.39 is 30.3 Å². The highest BCUT2D eigenvalue weighted by Crippen LogP contribution is 2.15. The van der Waals surface area contributed by atoms with Gasteiger partial charge in [0.1, 0.15) is 26.4 Å². The second-order valence-electron chi connectivity index (χ2n) is 5.08. The zero-order chi connectivity index (χ0) is 17.8. The van der Waals surface area contributed by atoms with E-state index in [1.54, 1.807) is 0 Å². The Morgan fingerprint density at radius 2 is 1.56 bits per heavy atom. The maximum absolute atomic E-state index is 11.9. The van der Waals surface area contributed by atoms with Crippen LogP contribution in [0.1, 0.15) is 21.1 Å². The first kappa shape index (κ1) is 16.7. The lowest BCUT2D eigenvalue weighted by molar-refractivity contribution is 0.0226. The summed E-state index contributed by atoms with van der Waals surface area (Å²) in [6.45, 7) is 3.47. The van der Waals surface area contributed by atoms with Crippen LogP contribution in [0.4, 0.5) is 4.79 Å². The Balaban J connectivity index is 1.45. The molecule has 0 N–H and O–H groups in total. The SMILES string of the molecule is C=C1OCC(COC(=O)c2ccc(C(=O)OCC3COC(=O)O3)o2)O1. The van der Waals surface area contributed by atoms with Crippen LogP contribution >= 0.6 is 0 Å². The highest BCUT2D eigenvalue weighted by Gasteiger charge is 2.28. The van der Waals surface area contributed by atoms with Crippen LogP contribution in [-0.4, -0.2) is 56.7 Å². The Morgan fingerprint density at radius 1 is 1.00 bits per heavy atom. The fraction of sp³-hybridized carbons (Fsp3) is 0.400. The van der Waals surface area contributed by atoms with Crippen LogP contribution in [0.2, 0.25) is 0 Å². The first-order valence-electron chi connectivity index (χ1n) is 7.27. The normalized spacial score (nSPS) is 21.8. The summed E-state index contributed by atoms with van der Waals surface area (Å²) in [5, 5.41) is 0. The summed E-state index contributed by atoms with van der Waals surface area (Å²) in [7, 11) is 0. The monoisotopic (exact) mass is 354 g/mol. The lowest BCUT2D eigenvalue weighted by Gasteiger charge is -2.07. The molecule has 3 rings (SSSR count). The molecule has 10 heteroatoms. The van der Waals surface area contributed by atoms with E-state index in [1.807, 2.05) is 0 Å². The lowest BCUT2D eigenvalue weighted by atomic mass is 10.4. The van der Waals surface area contributed by atoms with Crippen molar-refractivity contribution in [3.63, 3.8) is 0 Å². The molecule has 0 radical (unpaired) electrons. The van der Waals surface area contributed by atoms with Crippen molar-refractivity contribution in [3.8, 4) is 0 Å². The summed E-state index contributed by atoms with van der Waals surface area (Å²) >= 11 is 0. The highest BCUT2D eigenvalue weighted by molar-refractivity contribution is 5.90. The number of carbonyl (C=O) groups excluding carboxylic acids is 3. The minimum absolute atomic E-state index is 0.00121. The van der Waals surface area contributed by atoms with Gasteiger partial charge >= 0.3 is 18.1 Å². The molecule has 0 aliphatic carbocycles. The second kappa shape index (κ2) is 7.16. The van der Waals surface area contributed by atoms with Crippen LogP contribution in [0.3, 0.4) is 0 Å². The predicted molar refractivity (Wildman–Crippen MR) is 75.5 cm³/mol. The van der Waals surface area contributed by atoms with Crippen molar-refractivity contribution in [2.45, 2.75) is 12.2 Å². The summed E-state index contributed by atoms with van der Waals surface area (Å²) in [4.78, 5) is 34.4. The number of hydrogen-bond donors (Lipinski definition) is 0. The van der Waals surface area contributed by atoms with Crippen LogP contribution in [0.15, 0.2) is 29.1 Å². The van der Waals surface area contributed by atoms with Crippen molar-refractivity contribution in [3.05, 3.63) is 36.2 Å². The zero-order valence-electron chi connectivity index (χ0n) is 12.9. The molecule has 0 amide bonds. The van der Waals surface area contributed by atoms with E-state index in [0.717, 1.165) is 0 Å². The number of cyclic esters (lactones) is 2. The van der Waals surface area contributed by atoms with Crippen LogP contribution in [0.25, 0.3) is 0 Å². The molecule has 2 unspecified atom stereocenters. The van der Waals surface area contributed by atoms with Gasteiger partial charge in [-0.25, -0.2) is 14.4 Å². The van der Waals surface area contributed by atoms with Gasteiger partial charge in [-0.3, -0.25) is 0 Å². The molecule has 2 aliphatic heterocycles. The fourth-order valence-corrected chi connectivity index (χ4v) is 2.01. The minimum Gasteiger partial charge on any atom is -0.462 e. The molecule has 2 atom stereocenters. The van der Waals surface area contributed by atoms with E-state index >= 15 is 0 Å². The van der Waals surface area contributed by atoms with Crippen LogP contribution in [0.5, 0.6) is 0 Å². The molecule has 0 spiro atoms. The average molecular weight is 354 g/mol. The van der Waals surface area contributed by atoms with E-state index in [4.69, 9.17) is 28.1 Å². The number of furan rings is 1. The Morgan fingerprint density at radius 3 is 2.04 bits per heavy atom. The Bertz CT molecular complexity index is 634. The van der Waals surface area contributed by atoms with Crippen molar-refractivity contribution < 1.29 is 47.2 Å². The van der Waals surface area contributed by atoms with Gasteiger partial charge in [-0.05, 0) is 18.7 Å². The van der Waals surface area contributed by atoms with Gasteiger partial charge in [-0.1, -0.05) is 0 Å². The predicted octanol–water partition coefficient (Wildman–Crippen LogP) is 1.02. The van der Waals surface area contributed by atoms with Crippen LogP contribution < -0.4 is 0 Å². The Kier molecular flexibility index (Phi) is 4.78. The maximum Gasteiger partial charge on any atom is 0.508 e. The van der Waals surface area contributed by atoms with Gasteiger partial charge in [0.15, 0.2) is 12.2 Å².